The van der Waals surface area contributed by atoms with E-state index in [9.17, 15) is 8.42 Å². The minimum atomic E-state index is -3.63. The number of unbranched alkanes of at least 4 members (excludes halogenated alkanes) is 2. The van der Waals surface area contributed by atoms with Gasteiger partial charge in [-0.25, -0.2) is 13.1 Å². The van der Waals surface area contributed by atoms with Crippen molar-refractivity contribution in [3.63, 3.8) is 0 Å². The highest BCUT2D eigenvalue weighted by molar-refractivity contribution is 7.89. The molecule has 2 aromatic carbocycles. The van der Waals surface area contributed by atoms with Crippen molar-refractivity contribution < 1.29 is 8.42 Å². The molecule has 0 radical (unpaired) electrons. The van der Waals surface area contributed by atoms with E-state index in [-0.39, 0.29) is 9.92 Å². The molecule has 0 fully saturated rings. The fourth-order valence-corrected chi connectivity index (χ4v) is 5.18. The first-order valence-electron chi connectivity index (χ1n) is 9.19. The summed E-state index contributed by atoms with van der Waals surface area (Å²) in [6, 6.07) is 13.1. The van der Waals surface area contributed by atoms with Gasteiger partial charge in [0.15, 0.2) is 0 Å². The SMILES string of the molecule is O=S(=O)(NCCCCCN1CCc2ccccc2C1)c1cc(Cl)ccc1Cl. The second-order valence-corrected chi connectivity index (χ2v) is 9.41. The maximum absolute atomic E-state index is 12.3. The summed E-state index contributed by atoms with van der Waals surface area (Å²) in [5, 5.41) is 0.528. The molecule has 4 nitrogen and oxygen atoms in total. The number of nitrogens with zero attached hydrogens (tertiary/aromatic N) is 1. The number of halogens is 2. The molecule has 1 aliphatic heterocycles. The predicted octanol–water partition coefficient (Wildman–Crippen LogP) is 4.50. The van der Waals surface area contributed by atoms with Crippen LogP contribution in [-0.4, -0.2) is 33.0 Å². The summed E-state index contributed by atoms with van der Waals surface area (Å²) in [5.41, 5.74) is 2.89. The van der Waals surface area contributed by atoms with E-state index in [1.54, 1.807) is 6.07 Å². The highest BCUT2D eigenvalue weighted by Gasteiger charge is 2.18. The zero-order chi connectivity index (χ0) is 19.3. The molecule has 0 saturated carbocycles. The number of nitrogens with one attached hydrogen (secondary N) is 1. The van der Waals surface area contributed by atoms with Gasteiger partial charge in [0.05, 0.1) is 5.02 Å². The number of fused-ring (bicyclic) bond motifs is 1. The predicted molar refractivity (Wildman–Crippen MR) is 111 cm³/mol. The second-order valence-electron chi connectivity index (χ2n) is 6.83. The topological polar surface area (TPSA) is 49.4 Å². The lowest BCUT2D eigenvalue weighted by Gasteiger charge is -2.28. The van der Waals surface area contributed by atoms with Crippen LogP contribution in [0.4, 0.5) is 0 Å². The molecule has 0 aromatic heterocycles. The van der Waals surface area contributed by atoms with Gasteiger partial charge in [0.25, 0.3) is 0 Å². The average Bonchev–Trinajstić information content (AvgIpc) is 2.66. The number of rotatable bonds is 8. The van der Waals surface area contributed by atoms with Gasteiger partial charge in [-0.15, -0.1) is 0 Å². The largest absolute Gasteiger partial charge is 0.299 e. The molecule has 0 unspecified atom stereocenters. The lowest BCUT2D eigenvalue weighted by Crippen LogP contribution is -2.31. The Hall–Kier alpha value is -1.11. The van der Waals surface area contributed by atoms with E-state index in [1.165, 1.54) is 23.3 Å². The molecule has 0 aliphatic carbocycles. The van der Waals surface area contributed by atoms with Gasteiger partial charge in [-0.3, -0.25) is 4.90 Å². The standard InChI is InChI=1S/C20H24Cl2N2O2S/c21-18-8-9-19(22)20(14-18)27(25,26)23-11-4-1-5-12-24-13-10-16-6-2-3-7-17(16)15-24/h2-3,6-9,14,23H,1,4-5,10-13,15H2. The Labute approximate surface area is 171 Å². The van der Waals surface area contributed by atoms with E-state index in [2.05, 4.69) is 33.9 Å². The fourth-order valence-electron chi connectivity index (χ4n) is 3.35. The summed E-state index contributed by atoms with van der Waals surface area (Å²) >= 11 is 11.9. The van der Waals surface area contributed by atoms with Crippen LogP contribution < -0.4 is 4.72 Å². The Balaban J connectivity index is 1.38. The van der Waals surface area contributed by atoms with Crippen LogP contribution in [0.15, 0.2) is 47.4 Å². The van der Waals surface area contributed by atoms with E-state index in [4.69, 9.17) is 23.2 Å². The van der Waals surface area contributed by atoms with Crippen LogP contribution in [0, 0.1) is 0 Å². The molecular weight excluding hydrogens is 403 g/mol. The first-order chi connectivity index (χ1) is 13.0. The molecular formula is C20H24Cl2N2O2S. The van der Waals surface area contributed by atoms with Crippen molar-refractivity contribution in [2.24, 2.45) is 0 Å². The summed E-state index contributed by atoms with van der Waals surface area (Å²) < 4.78 is 27.3. The Morgan fingerprint density at radius 1 is 1.00 bits per heavy atom. The summed E-state index contributed by atoms with van der Waals surface area (Å²) in [6.45, 7) is 3.54. The van der Waals surface area contributed by atoms with Gasteiger partial charge in [-0.1, -0.05) is 53.9 Å². The number of hydrogen-bond donors (Lipinski definition) is 1. The Kier molecular flexibility index (Phi) is 7.17. The summed E-state index contributed by atoms with van der Waals surface area (Å²) in [7, 11) is -3.63. The van der Waals surface area contributed by atoms with Gasteiger partial charge < -0.3 is 0 Å². The summed E-state index contributed by atoms with van der Waals surface area (Å²) in [6.07, 6.45) is 3.93. The smallest absolute Gasteiger partial charge is 0.242 e. The Bertz CT molecular complexity index is 887. The van der Waals surface area contributed by atoms with Gasteiger partial charge in [0.2, 0.25) is 10.0 Å². The van der Waals surface area contributed by atoms with Crippen molar-refractivity contribution in [2.45, 2.75) is 37.1 Å². The molecule has 2 aromatic rings. The third-order valence-corrected chi connectivity index (χ3v) is 7.01. The maximum Gasteiger partial charge on any atom is 0.242 e. The maximum atomic E-state index is 12.3. The first-order valence-corrected chi connectivity index (χ1v) is 11.4. The quantitative estimate of drug-likeness (QED) is 0.631. The molecule has 7 heteroatoms. The first kappa shape index (κ1) is 20.6. The zero-order valence-corrected chi connectivity index (χ0v) is 17.5. The van der Waals surface area contributed by atoms with Crippen LogP contribution >= 0.6 is 23.2 Å². The van der Waals surface area contributed by atoms with Crippen molar-refractivity contribution in [2.75, 3.05) is 19.6 Å². The zero-order valence-electron chi connectivity index (χ0n) is 15.1. The summed E-state index contributed by atoms with van der Waals surface area (Å²) in [4.78, 5) is 2.50. The van der Waals surface area contributed by atoms with Crippen molar-refractivity contribution >= 4 is 33.2 Å². The molecule has 27 heavy (non-hydrogen) atoms. The lowest BCUT2D eigenvalue weighted by molar-refractivity contribution is 0.248. The van der Waals surface area contributed by atoms with Crippen LogP contribution in [0.1, 0.15) is 30.4 Å². The van der Waals surface area contributed by atoms with Crippen molar-refractivity contribution in [3.05, 3.63) is 63.6 Å². The highest BCUT2D eigenvalue weighted by Crippen LogP contribution is 2.24. The van der Waals surface area contributed by atoms with Gasteiger partial charge in [0, 0.05) is 24.7 Å². The van der Waals surface area contributed by atoms with Gasteiger partial charge in [-0.05, 0) is 55.1 Å². The molecule has 1 aliphatic rings. The monoisotopic (exact) mass is 426 g/mol. The number of sulfonamides is 1. The fraction of sp³-hybridized carbons (Fsp3) is 0.400. The third kappa shape index (κ3) is 5.69. The van der Waals surface area contributed by atoms with Crippen LogP contribution in [0.5, 0.6) is 0 Å². The Morgan fingerprint density at radius 3 is 2.59 bits per heavy atom. The van der Waals surface area contributed by atoms with Crippen LogP contribution in [0.2, 0.25) is 10.0 Å². The lowest BCUT2D eigenvalue weighted by atomic mass is 10.00. The van der Waals surface area contributed by atoms with E-state index in [1.807, 2.05) is 0 Å². The molecule has 1 N–H and O–H groups in total. The summed E-state index contributed by atoms with van der Waals surface area (Å²) in [5.74, 6) is 0. The van der Waals surface area contributed by atoms with Crippen LogP contribution in [0.3, 0.4) is 0 Å². The average molecular weight is 427 g/mol. The molecule has 3 rings (SSSR count). The minimum Gasteiger partial charge on any atom is -0.299 e. The third-order valence-electron chi connectivity index (χ3n) is 4.84. The van der Waals surface area contributed by atoms with Crippen LogP contribution in [0.25, 0.3) is 0 Å². The van der Waals surface area contributed by atoms with Gasteiger partial charge in [-0.2, -0.15) is 0 Å². The number of benzene rings is 2. The molecule has 146 valence electrons. The number of hydrogen-bond acceptors (Lipinski definition) is 3. The van der Waals surface area contributed by atoms with Crippen molar-refractivity contribution in [1.29, 1.82) is 0 Å². The minimum absolute atomic E-state index is 0.0312. The van der Waals surface area contributed by atoms with E-state index in [0.29, 0.717) is 11.6 Å². The normalized spacial score (nSPS) is 14.9. The molecule has 0 atom stereocenters. The van der Waals surface area contributed by atoms with Crippen molar-refractivity contribution in [1.82, 2.24) is 9.62 Å². The van der Waals surface area contributed by atoms with Crippen molar-refractivity contribution in [3.8, 4) is 0 Å². The van der Waals surface area contributed by atoms with Crippen LogP contribution in [-0.2, 0) is 23.0 Å². The van der Waals surface area contributed by atoms with Gasteiger partial charge in [0.1, 0.15) is 4.90 Å². The highest BCUT2D eigenvalue weighted by atomic mass is 35.5. The van der Waals surface area contributed by atoms with E-state index < -0.39 is 10.0 Å². The Morgan fingerprint density at radius 2 is 1.78 bits per heavy atom. The van der Waals surface area contributed by atoms with Gasteiger partial charge >= 0.3 is 0 Å². The molecule has 1 heterocycles. The second kappa shape index (κ2) is 9.39. The molecule has 0 spiro atoms. The molecule has 0 amide bonds. The molecule has 0 saturated heterocycles. The van der Waals surface area contributed by atoms with E-state index in [0.717, 1.165) is 45.3 Å². The van der Waals surface area contributed by atoms with E-state index >= 15 is 0 Å². The molecule has 0 bridgehead atoms.